The van der Waals surface area contributed by atoms with Crippen molar-refractivity contribution in [3.63, 3.8) is 0 Å². The minimum absolute atomic E-state index is 0.0277. The highest BCUT2D eigenvalue weighted by Crippen LogP contribution is 2.48. The fraction of sp³-hybridized carbons (Fsp3) is 0.526. The van der Waals surface area contributed by atoms with E-state index >= 15 is 0 Å². The largest absolute Gasteiger partial charge is 0.385 e. The highest BCUT2D eigenvalue weighted by molar-refractivity contribution is 5.94. The number of rotatable bonds is 12. The van der Waals surface area contributed by atoms with E-state index in [1.54, 1.807) is 4.90 Å². The molecule has 2 heterocycles. The van der Waals surface area contributed by atoms with E-state index < -0.39 is 5.41 Å². The van der Waals surface area contributed by atoms with Crippen LogP contribution >= 0.6 is 0 Å². The number of nitriles is 1. The number of likely N-dealkylation sites (tertiary alicyclic amines) is 1. The van der Waals surface area contributed by atoms with Crippen LogP contribution in [-0.2, 0) is 23.1 Å². The first kappa shape index (κ1) is 34.3. The van der Waals surface area contributed by atoms with Crippen LogP contribution in [0.5, 0.6) is 0 Å². The summed E-state index contributed by atoms with van der Waals surface area (Å²) in [6.45, 7) is 10.4. The Balaban J connectivity index is 1.49. The minimum atomic E-state index is -0.802. The van der Waals surface area contributed by atoms with Crippen LogP contribution in [0.15, 0.2) is 43.0 Å². The number of tetrazole rings is 1. The van der Waals surface area contributed by atoms with Crippen LogP contribution in [0.4, 0.5) is 0 Å². The highest BCUT2D eigenvalue weighted by atomic mass is 16.2. The van der Waals surface area contributed by atoms with Crippen LogP contribution in [0.25, 0.3) is 5.70 Å². The molecule has 1 saturated heterocycles. The molecule has 2 amide bonds. The molecular weight excluding hydrogens is 614 g/mol. The summed E-state index contributed by atoms with van der Waals surface area (Å²) in [5.41, 5.74) is 6.16. The molecule has 1 aromatic heterocycles. The molecule has 3 aliphatic rings. The second-order valence-electron chi connectivity index (χ2n) is 13.7. The van der Waals surface area contributed by atoms with Gasteiger partial charge in [0, 0.05) is 36.9 Å². The summed E-state index contributed by atoms with van der Waals surface area (Å²) in [5.74, 6) is 0.859. The molecule has 6 rings (SSSR count). The first-order valence-corrected chi connectivity index (χ1v) is 18.0. The monoisotopic (exact) mass is 663 g/mol. The Bertz CT molecular complexity index is 1620. The average molecular weight is 664 g/mol. The van der Waals surface area contributed by atoms with Crippen LogP contribution in [0.1, 0.15) is 109 Å². The maximum absolute atomic E-state index is 13.6. The number of fused-ring (bicyclic) bond motifs is 2. The second kappa shape index (κ2) is 15.3. The number of nitrogens with one attached hydrogen (secondary N) is 4. The lowest BCUT2D eigenvalue weighted by Gasteiger charge is -2.41. The normalized spacial score (nSPS) is 21.2. The molecule has 4 N–H and O–H groups in total. The third kappa shape index (κ3) is 6.97. The molecule has 1 aliphatic heterocycles. The van der Waals surface area contributed by atoms with Crippen molar-refractivity contribution in [2.75, 3.05) is 26.2 Å². The third-order valence-corrected chi connectivity index (χ3v) is 10.9. The van der Waals surface area contributed by atoms with E-state index in [0.717, 1.165) is 85.9 Å². The van der Waals surface area contributed by atoms with Gasteiger partial charge < -0.3 is 20.9 Å². The van der Waals surface area contributed by atoms with E-state index in [-0.39, 0.29) is 30.4 Å². The fourth-order valence-electron chi connectivity index (χ4n) is 8.46. The Morgan fingerprint density at radius 1 is 1.00 bits per heavy atom. The number of benzene rings is 2. The van der Waals surface area contributed by atoms with E-state index in [1.165, 1.54) is 12.0 Å². The SMILES string of the molecule is C=C(NCC)c1ccc2c(c1)CCc1cc(C(=O)NCC)ccc1C2(C[C@H](NCC(=O)N1CCCC1C#N)C1CCCCC1)c1nnn[nH]1. The van der Waals surface area contributed by atoms with Gasteiger partial charge in [-0.3, -0.25) is 9.59 Å². The molecule has 0 bridgehead atoms. The predicted octanol–water partition coefficient (Wildman–Crippen LogP) is 4.41. The molecule has 2 fully saturated rings. The van der Waals surface area contributed by atoms with Crippen LogP contribution < -0.4 is 16.0 Å². The molecule has 2 aromatic carbocycles. The lowest BCUT2D eigenvalue weighted by Crippen LogP contribution is -2.49. The van der Waals surface area contributed by atoms with Gasteiger partial charge in [-0.25, -0.2) is 5.10 Å². The number of aryl methyl sites for hydroxylation is 2. The van der Waals surface area contributed by atoms with Crippen molar-refractivity contribution in [2.45, 2.75) is 95.6 Å². The van der Waals surface area contributed by atoms with E-state index in [9.17, 15) is 14.9 Å². The lowest BCUT2D eigenvalue weighted by atomic mass is 9.65. The summed E-state index contributed by atoms with van der Waals surface area (Å²) < 4.78 is 0. The minimum Gasteiger partial charge on any atom is -0.385 e. The molecular formula is C38H49N9O2. The van der Waals surface area contributed by atoms with Crippen molar-refractivity contribution in [3.8, 4) is 6.07 Å². The Hall–Kier alpha value is -4.56. The summed E-state index contributed by atoms with van der Waals surface area (Å²) in [5, 5.41) is 35.8. The molecule has 258 valence electrons. The summed E-state index contributed by atoms with van der Waals surface area (Å²) in [7, 11) is 0. The number of aromatic nitrogens is 4. The van der Waals surface area contributed by atoms with Crippen LogP contribution in [0.2, 0.25) is 0 Å². The number of aromatic amines is 1. The third-order valence-electron chi connectivity index (χ3n) is 10.9. The van der Waals surface area contributed by atoms with Gasteiger partial charge in [0.05, 0.1) is 18.0 Å². The Morgan fingerprint density at radius 2 is 1.69 bits per heavy atom. The van der Waals surface area contributed by atoms with Gasteiger partial charge in [-0.15, -0.1) is 5.10 Å². The molecule has 0 radical (unpaired) electrons. The summed E-state index contributed by atoms with van der Waals surface area (Å²) in [6, 6.07) is 14.5. The standard InChI is InChI=1S/C38H49N9O2/c1-4-40-25(3)27-15-17-32-28(20-27)13-14-29-21-30(36(49)41-5-2)16-18-33(29)38(32,37-43-45-46-44-37)22-34(26-10-7-6-8-11-26)42-24-35(48)47-19-9-12-31(47)23-39/h15-18,20-21,26,31,34,40,42H,3-14,19,22,24H2,1-2H3,(H,41,49)(H,43,44,45,46)/t31?,34-,38?/m0/s1. The summed E-state index contributed by atoms with van der Waals surface area (Å²) in [6.07, 6.45) is 9.33. The van der Waals surface area contributed by atoms with Gasteiger partial charge >= 0.3 is 0 Å². The Morgan fingerprint density at radius 3 is 2.35 bits per heavy atom. The number of hydrogen-bond acceptors (Lipinski definition) is 8. The summed E-state index contributed by atoms with van der Waals surface area (Å²) in [4.78, 5) is 28.4. The van der Waals surface area contributed by atoms with E-state index in [4.69, 9.17) is 0 Å². The first-order chi connectivity index (χ1) is 23.9. The van der Waals surface area contributed by atoms with Crippen molar-refractivity contribution in [2.24, 2.45) is 5.92 Å². The van der Waals surface area contributed by atoms with Gasteiger partial charge in [-0.05, 0) is 121 Å². The van der Waals surface area contributed by atoms with E-state index in [0.29, 0.717) is 36.8 Å². The highest BCUT2D eigenvalue weighted by Gasteiger charge is 2.47. The van der Waals surface area contributed by atoms with Gasteiger partial charge in [0.25, 0.3) is 5.91 Å². The van der Waals surface area contributed by atoms with Crippen molar-refractivity contribution < 1.29 is 9.59 Å². The number of carbonyl (C=O) groups excluding carboxylic acids is 2. The van der Waals surface area contributed by atoms with Crippen molar-refractivity contribution in [3.05, 3.63) is 82.2 Å². The molecule has 2 aliphatic carbocycles. The van der Waals surface area contributed by atoms with Crippen molar-refractivity contribution in [1.82, 2.24) is 41.5 Å². The maximum atomic E-state index is 13.6. The van der Waals surface area contributed by atoms with Crippen LogP contribution in [0, 0.1) is 17.2 Å². The Labute approximate surface area is 289 Å². The zero-order chi connectivity index (χ0) is 34.4. The predicted molar refractivity (Wildman–Crippen MR) is 188 cm³/mol. The zero-order valence-electron chi connectivity index (χ0n) is 28.9. The van der Waals surface area contributed by atoms with Crippen LogP contribution in [-0.4, -0.2) is 75.6 Å². The zero-order valence-corrected chi connectivity index (χ0v) is 28.9. The number of amides is 2. The second-order valence-corrected chi connectivity index (χ2v) is 13.7. The average Bonchev–Trinajstić information content (AvgIpc) is 3.83. The van der Waals surface area contributed by atoms with Crippen molar-refractivity contribution >= 4 is 17.5 Å². The fourth-order valence-corrected chi connectivity index (χ4v) is 8.46. The van der Waals surface area contributed by atoms with Gasteiger partial charge in [-0.2, -0.15) is 5.26 Å². The van der Waals surface area contributed by atoms with Gasteiger partial charge in [0.15, 0.2) is 5.82 Å². The molecule has 2 unspecified atom stereocenters. The molecule has 11 nitrogen and oxygen atoms in total. The van der Waals surface area contributed by atoms with Gasteiger partial charge in [0.2, 0.25) is 5.91 Å². The number of H-pyrrole nitrogens is 1. The molecule has 49 heavy (non-hydrogen) atoms. The molecule has 3 atom stereocenters. The quantitative estimate of drug-likeness (QED) is 0.223. The number of carbonyl (C=O) groups is 2. The van der Waals surface area contributed by atoms with Gasteiger partial charge in [0.1, 0.15) is 6.04 Å². The van der Waals surface area contributed by atoms with Crippen molar-refractivity contribution in [1.29, 1.82) is 5.26 Å². The smallest absolute Gasteiger partial charge is 0.251 e. The molecule has 1 saturated carbocycles. The summed E-state index contributed by atoms with van der Waals surface area (Å²) >= 11 is 0. The topological polar surface area (TPSA) is 152 Å². The number of hydrogen-bond donors (Lipinski definition) is 4. The number of nitrogens with zero attached hydrogens (tertiary/aromatic N) is 5. The first-order valence-electron chi connectivity index (χ1n) is 18.0. The van der Waals surface area contributed by atoms with E-state index in [1.807, 2.05) is 19.1 Å². The lowest BCUT2D eigenvalue weighted by molar-refractivity contribution is -0.130. The molecule has 11 heteroatoms. The van der Waals surface area contributed by atoms with Crippen LogP contribution in [0.3, 0.4) is 0 Å². The maximum Gasteiger partial charge on any atom is 0.251 e. The Kier molecular flexibility index (Phi) is 10.7. The molecule has 0 spiro atoms. The van der Waals surface area contributed by atoms with Gasteiger partial charge in [-0.1, -0.05) is 44.0 Å². The molecule has 3 aromatic rings. The van der Waals surface area contributed by atoms with E-state index in [2.05, 4.69) is 80.4 Å².